The van der Waals surface area contributed by atoms with Crippen LogP contribution in [0.25, 0.3) is 16.9 Å². The molecule has 0 radical (unpaired) electrons. The van der Waals surface area contributed by atoms with E-state index in [9.17, 15) is 0 Å². The third-order valence-electron chi connectivity index (χ3n) is 4.01. The molecule has 0 atom stereocenters. The topological polar surface area (TPSA) is 59.4 Å². The Hall–Kier alpha value is -3.65. The van der Waals surface area contributed by atoms with Gasteiger partial charge in [0, 0.05) is 29.7 Å². The Balaban J connectivity index is 1.79. The lowest BCUT2D eigenvalue weighted by molar-refractivity contribution is 0.797. The van der Waals surface area contributed by atoms with Crippen molar-refractivity contribution in [2.75, 3.05) is 0 Å². The van der Waals surface area contributed by atoms with Gasteiger partial charge in [0.25, 0.3) is 0 Å². The standard InChI is InChI=1S/C20H15N5/c21-12-16-6-8-17(9-7-16)20-18(13-24-11-10-22-15-24)14-25(23-20)19-4-2-1-3-5-19/h1-11,14-15H,13H2. The summed E-state index contributed by atoms with van der Waals surface area (Å²) in [4.78, 5) is 4.11. The van der Waals surface area contributed by atoms with Crippen LogP contribution in [0.1, 0.15) is 11.1 Å². The second kappa shape index (κ2) is 6.46. The Morgan fingerprint density at radius 2 is 1.80 bits per heavy atom. The smallest absolute Gasteiger partial charge is 0.0991 e. The van der Waals surface area contributed by atoms with E-state index >= 15 is 0 Å². The van der Waals surface area contributed by atoms with E-state index < -0.39 is 0 Å². The average Bonchev–Trinajstić information content (AvgIpc) is 3.33. The number of para-hydroxylation sites is 1. The highest BCUT2D eigenvalue weighted by Gasteiger charge is 2.13. The van der Waals surface area contributed by atoms with Gasteiger partial charge in [-0.15, -0.1) is 0 Å². The summed E-state index contributed by atoms with van der Waals surface area (Å²) < 4.78 is 3.90. The van der Waals surface area contributed by atoms with Gasteiger partial charge in [0.05, 0.1) is 35.9 Å². The van der Waals surface area contributed by atoms with E-state index in [2.05, 4.69) is 11.1 Å². The van der Waals surface area contributed by atoms with Gasteiger partial charge in [-0.05, 0) is 24.3 Å². The van der Waals surface area contributed by atoms with Crippen molar-refractivity contribution in [1.29, 1.82) is 5.26 Å². The minimum absolute atomic E-state index is 0.641. The normalized spacial score (nSPS) is 10.5. The van der Waals surface area contributed by atoms with Crippen LogP contribution in [0.3, 0.4) is 0 Å². The van der Waals surface area contributed by atoms with Crippen LogP contribution >= 0.6 is 0 Å². The maximum Gasteiger partial charge on any atom is 0.0991 e. The Kier molecular flexibility index (Phi) is 3.85. The second-order valence-electron chi connectivity index (χ2n) is 5.71. The average molecular weight is 325 g/mol. The molecule has 5 heteroatoms. The zero-order chi connectivity index (χ0) is 17.1. The quantitative estimate of drug-likeness (QED) is 0.575. The molecule has 120 valence electrons. The zero-order valence-electron chi connectivity index (χ0n) is 13.4. The highest BCUT2D eigenvalue weighted by Crippen LogP contribution is 2.25. The minimum Gasteiger partial charge on any atom is -0.333 e. The molecule has 0 aliphatic heterocycles. The fourth-order valence-electron chi connectivity index (χ4n) is 2.76. The first-order valence-electron chi connectivity index (χ1n) is 7.94. The molecule has 0 unspecified atom stereocenters. The number of benzene rings is 2. The molecule has 0 saturated carbocycles. The molecule has 0 bridgehead atoms. The monoisotopic (exact) mass is 325 g/mol. The Morgan fingerprint density at radius 1 is 1.00 bits per heavy atom. The van der Waals surface area contributed by atoms with Crippen LogP contribution in [0.15, 0.2) is 79.5 Å². The molecule has 0 N–H and O–H groups in total. The number of nitriles is 1. The van der Waals surface area contributed by atoms with Crippen molar-refractivity contribution < 1.29 is 0 Å². The van der Waals surface area contributed by atoms with Crippen molar-refractivity contribution in [2.45, 2.75) is 6.54 Å². The van der Waals surface area contributed by atoms with E-state index in [0.717, 1.165) is 22.5 Å². The lowest BCUT2D eigenvalue weighted by Crippen LogP contribution is -1.97. The van der Waals surface area contributed by atoms with Gasteiger partial charge < -0.3 is 4.57 Å². The molecule has 0 amide bonds. The molecule has 2 heterocycles. The van der Waals surface area contributed by atoms with Gasteiger partial charge in [0.15, 0.2) is 0 Å². The molecule has 2 aromatic heterocycles. The van der Waals surface area contributed by atoms with Crippen LogP contribution < -0.4 is 0 Å². The van der Waals surface area contributed by atoms with E-state index in [1.54, 1.807) is 12.5 Å². The van der Waals surface area contributed by atoms with Crippen LogP contribution in [0.2, 0.25) is 0 Å². The van der Waals surface area contributed by atoms with E-state index in [1.165, 1.54) is 0 Å². The summed E-state index contributed by atoms with van der Waals surface area (Å²) in [6, 6.07) is 19.7. The van der Waals surface area contributed by atoms with Gasteiger partial charge in [-0.1, -0.05) is 30.3 Å². The van der Waals surface area contributed by atoms with Gasteiger partial charge in [0.1, 0.15) is 0 Å². The number of rotatable bonds is 4. The van der Waals surface area contributed by atoms with Crippen molar-refractivity contribution in [3.8, 4) is 23.0 Å². The Bertz CT molecular complexity index is 1010. The first-order valence-corrected chi connectivity index (χ1v) is 7.94. The zero-order valence-corrected chi connectivity index (χ0v) is 13.4. The fourth-order valence-corrected chi connectivity index (χ4v) is 2.76. The lowest BCUT2D eigenvalue weighted by Gasteiger charge is -2.03. The maximum absolute atomic E-state index is 9.00. The molecule has 4 rings (SSSR count). The molecule has 25 heavy (non-hydrogen) atoms. The molecule has 0 spiro atoms. The Labute approximate surface area is 145 Å². The summed E-state index contributed by atoms with van der Waals surface area (Å²) in [6.07, 6.45) is 7.54. The first-order chi connectivity index (χ1) is 12.3. The summed E-state index contributed by atoms with van der Waals surface area (Å²) in [5, 5.41) is 13.8. The minimum atomic E-state index is 0.641. The predicted molar refractivity (Wildman–Crippen MR) is 95.0 cm³/mol. The van der Waals surface area contributed by atoms with Crippen LogP contribution in [0.4, 0.5) is 0 Å². The summed E-state index contributed by atoms with van der Waals surface area (Å²) in [5.74, 6) is 0. The van der Waals surface area contributed by atoms with Gasteiger partial charge in [0.2, 0.25) is 0 Å². The van der Waals surface area contributed by atoms with Crippen molar-refractivity contribution in [1.82, 2.24) is 19.3 Å². The highest BCUT2D eigenvalue weighted by molar-refractivity contribution is 5.64. The first kappa shape index (κ1) is 14.9. The lowest BCUT2D eigenvalue weighted by atomic mass is 10.1. The summed E-state index contributed by atoms with van der Waals surface area (Å²) in [7, 11) is 0. The van der Waals surface area contributed by atoms with Crippen molar-refractivity contribution in [3.63, 3.8) is 0 Å². The molecule has 0 saturated heterocycles. The van der Waals surface area contributed by atoms with Crippen molar-refractivity contribution in [2.24, 2.45) is 0 Å². The number of hydrogen-bond donors (Lipinski definition) is 0. The van der Waals surface area contributed by atoms with Crippen molar-refractivity contribution in [3.05, 3.63) is 90.6 Å². The predicted octanol–water partition coefficient (Wildman–Crippen LogP) is 3.66. The van der Waals surface area contributed by atoms with Crippen LogP contribution in [-0.2, 0) is 6.54 Å². The molecule has 0 aliphatic carbocycles. The van der Waals surface area contributed by atoms with E-state index in [4.69, 9.17) is 10.4 Å². The van der Waals surface area contributed by atoms with E-state index in [0.29, 0.717) is 12.1 Å². The molecule has 0 fully saturated rings. The maximum atomic E-state index is 9.00. The van der Waals surface area contributed by atoms with Gasteiger partial charge in [-0.3, -0.25) is 0 Å². The number of hydrogen-bond acceptors (Lipinski definition) is 3. The van der Waals surface area contributed by atoms with Gasteiger partial charge >= 0.3 is 0 Å². The van der Waals surface area contributed by atoms with E-state index in [1.807, 2.05) is 76.2 Å². The van der Waals surface area contributed by atoms with Gasteiger partial charge in [-0.25, -0.2) is 9.67 Å². The van der Waals surface area contributed by atoms with Crippen LogP contribution in [0.5, 0.6) is 0 Å². The number of nitrogens with zero attached hydrogens (tertiary/aromatic N) is 5. The summed E-state index contributed by atoms with van der Waals surface area (Å²) in [5.41, 5.74) is 4.63. The van der Waals surface area contributed by atoms with E-state index in [-0.39, 0.29) is 0 Å². The number of imidazole rings is 1. The second-order valence-corrected chi connectivity index (χ2v) is 5.71. The Morgan fingerprint density at radius 3 is 2.48 bits per heavy atom. The fraction of sp³-hybridized carbons (Fsp3) is 0.0500. The molecular formula is C20H15N5. The van der Waals surface area contributed by atoms with Crippen LogP contribution in [0, 0.1) is 11.3 Å². The highest BCUT2D eigenvalue weighted by atomic mass is 15.3. The molecule has 4 aromatic rings. The number of aromatic nitrogens is 4. The van der Waals surface area contributed by atoms with Gasteiger partial charge in [-0.2, -0.15) is 10.4 Å². The SMILES string of the molecule is N#Cc1ccc(-c2nn(-c3ccccc3)cc2Cn2ccnc2)cc1. The van der Waals surface area contributed by atoms with Crippen LogP contribution in [-0.4, -0.2) is 19.3 Å². The summed E-state index contributed by atoms with van der Waals surface area (Å²) in [6.45, 7) is 0.683. The van der Waals surface area contributed by atoms with Crippen molar-refractivity contribution >= 4 is 0 Å². The molecule has 0 aliphatic rings. The molecular weight excluding hydrogens is 310 g/mol. The third kappa shape index (κ3) is 3.06. The molecule has 5 nitrogen and oxygen atoms in total. The summed E-state index contributed by atoms with van der Waals surface area (Å²) >= 11 is 0. The third-order valence-corrected chi connectivity index (χ3v) is 4.01. The largest absolute Gasteiger partial charge is 0.333 e. The molecule has 2 aromatic carbocycles.